The minimum absolute atomic E-state index is 0.0687. The molecule has 3 rings (SSSR count). The second-order valence-electron chi connectivity index (χ2n) is 10.9. The van der Waals surface area contributed by atoms with E-state index in [9.17, 15) is 29.1 Å². The Labute approximate surface area is 234 Å². The molecule has 40 heavy (non-hydrogen) atoms. The van der Waals surface area contributed by atoms with Gasteiger partial charge in [-0.2, -0.15) is 0 Å². The van der Waals surface area contributed by atoms with Crippen LogP contribution in [0.3, 0.4) is 0 Å². The van der Waals surface area contributed by atoms with E-state index >= 15 is 0 Å². The maximum atomic E-state index is 13.7. The van der Waals surface area contributed by atoms with Gasteiger partial charge in [0, 0.05) is 19.5 Å². The zero-order chi connectivity index (χ0) is 29.7. The highest BCUT2D eigenvalue weighted by Gasteiger charge is 2.44. The van der Waals surface area contributed by atoms with Crippen LogP contribution in [0.2, 0.25) is 0 Å². The summed E-state index contributed by atoms with van der Waals surface area (Å²) in [6.07, 6.45) is -0.844. The van der Waals surface area contributed by atoms with Crippen LogP contribution in [0.5, 0.6) is 0 Å². The number of amides is 3. The molecule has 1 aromatic rings. The van der Waals surface area contributed by atoms with Crippen molar-refractivity contribution in [3.63, 3.8) is 0 Å². The Morgan fingerprint density at radius 1 is 1.10 bits per heavy atom. The average molecular weight is 560 g/mol. The number of rotatable bonds is 10. The predicted octanol–water partition coefficient (Wildman–Crippen LogP) is -0.830. The van der Waals surface area contributed by atoms with Crippen molar-refractivity contribution in [2.45, 2.75) is 95.8 Å². The fraction of sp³-hybridized carbons (Fsp3) is 0.607. The van der Waals surface area contributed by atoms with Crippen LogP contribution in [0.4, 0.5) is 0 Å². The number of ketones is 1. The largest absolute Gasteiger partial charge is 0.458 e. The van der Waals surface area contributed by atoms with E-state index in [1.165, 1.54) is 30.6 Å². The van der Waals surface area contributed by atoms with Crippen LogP contribution >= 0.6 is 0 Å². The number of ether oxygens (including phenoxy) is 1. The molecule has 0 unspecified atom stereocenters. The first-order valence-corrected chi connectivity index (χ1v) is 13.7. The Bertz CT molecular complexity index is 1130. The minimum Gasteiger partial charge on any atom is -0.458 e. The molecule has 0 bridgehead atoms. The number of hydrogen-bond donors (Lipinski definition) is 4. The van der Waals surface area contributed by atoms with Crippen LogP contribution in [0.15, 0.2) is 24.3 Å². The smallest absolute Gasteiger partial charge is 0.329 e. The lowest BCUT2D eigenvalue weighted by atomic mass is 10.0. The predicted molar refractivity (Wildman–Crippen MR) is 146 cm³/mol. The zero-order valence-corrected chi connectivity index (χ0v) is 23.5. The number of aryl methyl sites for hydroxylation is 1. The van der Waals surface area contributed by atoms with Gasteiger partial charge < -0.3 is 36.4 Å². The molecular weight excluding hydrogens is 518 g/mol. The first kappa shape index (κ1) is 31.2. The molecule has 2 aliphatic rings. The number of hydrogen-bond acceptors (Lipinski definition) is 9. The van der Waals surface area contributed by atoms with E-state index in [0.717, 1.165) is 11.1 Å². The Morgan fingerprint density at radius 3 is 2.42 bits per heavy atom. The lowest BCUT2D eigenvalue weighted by Crippen LogP contribution is -2.59. The normalized spacial score (nSPS) is 23.7. The van der Waals surface area contributed by atoms with Crippen molar-refractivity contribution >= 4 is 29.5 Å². The minimum atomic E-state index is -1.38. The number of Topliss-reactive ketones (excluding diaryl/α,β-unsaturated/α-hetero) is 1. The number of carbonyl (C=O) groups is 5. The van der Waals surface area contributed by atoms with E-state index in [-0.39, 0.29) is 31.1 Å². The Hall–Kier alpha value is -3.35. The fourth-order valence-electron chi connectivity index (χ4n) is 5.31. The standard InChI is InChI=1S/C28H41N5O7/c1-15-7-5-8-19(11-15)12-21(30)25(36)31-24(27(38)33-14-20(35)13-23(33)17(3)34)18(4)40-28(39)22-9-6-10-32(22)26(37)16(2)29/h5,7-8,11,16,18,20-24,35H,6,9-10,12-14,29-30H2,1-4H3,(H,31,36)/t16-,18-,20+,21-,22-,23-,24-/m0/s1. The summed E-state index contributed by atoms with van der Waals surface area (Å²) in [7, 11) is 0. The highest BCUT2D eigenvalue weighted by Crippen LogP contribution is 2.23. The summed E-state index contributed by atoms with van der Waals surface area (Å²) in [5.41, 5.74) is 13.8. The molecule has 3 amide bonds. The number of β-amino-alcohol motifs (C(OH)–C–C–N with tert-alkyl or cyclic N) is 1. The molecule has 6 N–H and O–H groups in total. The first-order chi connectivity index (χ1) is 18.8. The van der Waals surface area contributed by atoms with Crippen LogP contribution in [-0.2, 0) is 35.1 Å². The van der Waals surface area contributed by atoms with E-state index in [1.807, 2.05) is 31.2 Å². The van der Waals surface area contributed by atoms with Crippen LogP contribution in [-0.4, -0.2) is 99.9 Å². The molecule has 2 saturated heterocycles. The molecule has 2 aliphatic heterocycles. The molecule has 7 atom stereocenters. The summed E-state index contributed by atoms with van der Waals surface area (Å²) < 4.78 is 5.65. The van der Waals surface area contributed by atoms with Crippen LogP contribution in [0, 0.1) is 6.92 Å². The quantitative estimate of drug-likeness (QED) is 0.266. The molecule has 0 radical (unpaired) electrons. The molecule has 0 saturated carbocycles. The van der Waals surface area contributed by atoms with Crippen molar-refractivity contribution in [1.82, 2.24) is 15.1 Å². The van der Waals surface area contributed by atoms with Crippen molar-refractivity contribution in [3.8, 4) is 0 Å². The van der Waals surface area contributed by atoms with Crippen LogP contribution < -0.4 is 16.8 Å². The van der Waals surface area contributed by atoms with Gasteiger partial charge in [-0.25, -0.2) is 4.79 Å². The molecule has 1 aromatic carbocycles. The van der Waals surface area contributed by atoms with Crippen LogP contribution in [0.25, 0.3) is 0 Å². The van der Waals surface area contributed by atoms with Gasteiger partial charge in [0.15, 0.2) is 5.78 Å². The molecule has 220 valence electrons. The third-order valence-corrected chi connectivity index (χ3v) is 7.44. The Kier molecular flexibility index (Phi) is 10.4. The highest BCUT2D eigenvalue weighted by molar-refractivity contribution is 5.94. The summed E-state index contributed by atoms with van der Waals surface area (Å²) in [5.74, 6) is -2.74. The number of benzene rings is 1. The SMILES string of the molecule is CC(=O)[C@@H]1C[C@@H](O)CN1C(=O)[C@@H](NC(=O)[C@@H](N)Cc1cccc(C)c1)[C@H](C)OC(=O)[C@@H]1CCCN1C(=O)[C@H](C)N. The number of aliphatic hydroxyl groups excluding tert-OH is 1. The van der Waals surface area contributed by atoms with E-state index in [2.05, 4.69) is 5.32 Å². The number of nitrogens with zero attached hydrogens (tertiary/aromatic N) is 2. The van der Waals surface area contributed by atoms with Gasteiger partial charge in [-0.1, -0.05) is 29.8 Å². The van der Waals surface area contributed by atoms with Gasteiger partial charge in [0.05, 0.1) is 24.2 Å². The maximum Gasteiger partial charge on any atom is 0.329 e. The number of aliphatic hydroxyl groups is 1. The third kappa shape index (κ3) is 7.43. The summed E-state index contributed by atoms with van der Waals surface area (Å²) >= 11 is 0. The fourth-order valence-corrected chi connectivity index (χ4v) is 5.31. The average Bonchev–Trinajstić information content (AvgIpc) is 3.53. The molecule has 12 heteroatoms. The maximum absolute atomic E-state index is 13.7. The Balaban J connectivity index is 1.80. The molecular formula is C28H41N5O7. The van der Waals surface area contributed by atoms with E-state index in [4.69, 9.17) is 16.2 Å². The summed E-state index contributed by atoms with van der Waals surface area (Å²) in [5, 5.41) is 12.8. The van der Waals surface area contributed by atoms with Gasteiger partial charge in [-0.3, -0.25) is 19.2 Å². The molecule has 0 aliphatic carbocycles. The first-order valence-electron chi connectivity index (χ1n) is 13.7. The van der Waals surface area contributed by atoms with Crippen molar-refractivity contribution in [2.75, 3.05) is 13.1 Å². The van der Waals surface area contributed by atoms with Gasteiger partial charge >= 0.3 is 5.97 Å². The van der Waals surface area contributed by atoms with Gasteiger partial charge in [0.1, 0.15) is 18.2 Å². The lowest BCUT2D eigenvalue weighted by molar-refractivity contribution is -0.161. The third-order valence-electron chi connectivity index (χ3n) is 7.44. The number of esters is 1. The van der Waals surface area contributed by atoms with Crippen molar-refractivity contribution in [2.24, 2.45) is 11.5 Å². The molecule has 0 aromatic heterocycles. The van der Waals surface area contributed by atoms with E-state index in [0.29, 0.717) is 19.4 Å². The van der Waals surface area contributed by atoms with Gasteiger partial charge in [0.25, 0.3) is 0 Å². The topological polar surface area (TPSA) is 185 Å². The van der Waals surface area contributed by atoms with Crippen LogP contribution in [0.1, 0.15) is 51.2 Å². The lowest BCUT2D eigenvalue weighted by Gasteiger charge is -2.32. The van der Waals surface area contributed by atoms with E-state index < -0.39 is 60.2 Å². The summed E-state index contributed by atoms with van der Waals surface area (Å²) in [6.45, 7) is 6.48. The summed E-state index contributed by atoms with van der Waals surface area (Å²) in [6, 6.07) is 2.59. The second-order valence-corrected chi connectivity index (χ2v) is 10.9. The second kappa shape index (κ2) is 13.3. The molecule has 2 fully saturated rings. The highest BCUT2D eigenvalue weighted by atomic mass is 16.5. The number of carbonyl (C=O) groups excluding carboxylic acids is 5. The van der Waals surface area contributed by atoms with Gasteiger partial charge in [-0.05, 0) is 52.5 Å². The van der Waals surface area contributed by atoms with E-state index in [1.54, 1.807) is 0 Å². The van der Waals surface area contributed by atoms with Crippen molar-refractivity contribution in [3.05, 3.63) is 35.4 Å². The zero-order valence-electron chi connectivity index (χ0n) is 23.5. The van der Waals surface area contributed by atoms with Crippen molar-refractivity contribution in [1.29, 1.82) is 0 Å². The number of likely N-dealkylation sites (tertiary alicyclic amines) is 2. The molecule has 2 heterocycles. The molecule has 12 nitrogen and oxygen atoms in total. The summed E-state index contributed by atoms with van der Waals surface area (Å²) in [4.78, 5) is 67.3. The monoisotopic (exact) mass is 559 g/mol. The number of nitrogens with one attached hydrogen (secondary N) is 1. The van der Waals surface area contributed by atoms with Gasteiger partial charge in [-0.15, -0.1) is 0 Å². The number of nitrogens with two attached hydrogens (primary N) is 2. The molecule has 0 spiro atoms. The Morgan fingerprint density at radius 2 is 1.80 bits per heavy atom. The van der Waals surface area contributed by atoms with Gasteiger partial charge in [0.2, 0.25) is 17.7 Å². The van der Waals surface area contributed by atoms with Crippen molar-refractivity contribution < 1.29 is 33.8 Å².